The molecule has 0 saturated heterocycles. The molecule has 4 rings (SSSR count). The number of hydrogen-bond acceptors (Lipinski definition) is 2. The lowest BCUT2D eigenvalue weighted by Gasteiger charge is -2.57. The maximum Gasteiger partial charge on any atom is 0.178 e. The molecule has 4 aliphatic rings. The molecule has 0 aliphatic heterocycles. The number of halogens is 1. The van der Waals surface area contributed by atoms with Crippen molar-refractivity contribution in [3.63, 3.8) is 0 Å². The van der Waals surface area contributed by atoms with Crippen molar-refractivity contribution < 1.29 is 9.59 Å². The summed E-state index contributed by atoms with van der Waals surface area (Å²) in [6, 6.07) is 0. The second-order valence-electron chi connectivity index (χ2n) is 8.41. The molecule has 0 heterocycles. The van der Waals surface area contributed by atoms with Gasteiger partial charge < -0.3 is 0 Å². The van der Waals surface area contributed by atoms with Crippen molar-refractivity contribution in [2.75, 3.05) is 5.88 Å². The minimum Gasteiger partial charge on any atom is -0.299 e. The molecule has 0 N–H and O–H groups in total. The third-order valence-electron chi connectivity index (χ3n) is 7.75. The summed E-state index contributed by atoms with van der Waals surface area (Å²) in [7, 11) is 0. The summed E-state index contributed by atoms with van der Waals surface area (Å²) in [5.74, 6) is 2.68. The first kappa shape index (κ1) is 15.6. The average molecular weight is 333 g/mol. The highest BCUT2D eigenvalue weighted by Gasteiger charge is 2.59. The van der Waals surface area contributed by atoms with Crippen LogP contribution in [0.25, 0.3) is 0 Å². The van der Waals surface area contributed by atoms with Gasteiger partial charge in [-0.25, -0.2) is 0 Å². The highest BCUT2D eigenvalue weighted by Crippen LogP contribution is 2.64. The van der Waals surface area contributed by atoms with Crippen molar-refractivity contribution in [3.05, 3.63) is 23.3 Å². The molecule has 124 valence electrons. The number of ketones is 2. The minimum absolute atomic E-state index is 0.0639. The van der Waals surface area contributed by atoms with E-state index in [9.17, 15) is 9.59 Å². The van der Waals surface area contributed by atoms with Gasteiger partial charge >= 0.3 is 0 Å². The molecule has 0 radical (unpaired) electrons. The Balaban J connectivity index is 1.76. The summed E-state index contributed by atoms with van der Waals surface area (Å²) >= 11 is 6.25. The predicted octanol–water partition coefficient (Wildman–Crippen LogP) is 4.47. The van der Waals surface area contributed by atoms with Gasteiger partial charge in [0.15, 0.2) is 5.78 Å². The Hall–Kier alpha value is -0.890. The number of alkyl halides is 1. The van der Waals surface area contributed by atoms with Crippen LogP contribution in [0.2, 0.25) is 0 Å². The Morgan fingerprint density at radius 2 is 1.87 bits per heavy atom. The van der Waals surface area contributed by atoms with E-state index in [0.717, 1.165) is 44.1 Å². The number of carbonyl (C=O) groups is 2. The number of Topliss-reactive ketones (excluding diaryl/α,β-unsaturated/α-hetero) is 1. The Bertz CT molecular complexity index is 628. The lowest BCUT2D eigenvalue weighted by atomic mass is 9.47. The van der Waals surface area contributed by atoms with E-state index in [1.54, 1.807) is 6.08 Å². The highest BCUT2D eigenvalue weighted by atomic mass is 35.5. The van der Waals surface area contributed by atoms with Gasteiger partial charge in [0, 0.05) is 23.1 Å². The van der Waals surface area contributed by atoms with Crippen molar-refractivity contribution in [2.45, 2.75) is 52.4 Å². The van der Waals surface area contributed by atoms with Crippen LogP contribution in [-0.4, -0.2) is 17.4 Å². The van der Waals surface area contributed by atoms with Crippen LogP contribution in [0, 0.1) is 28.6 Å². The number of allylic oxidation sites excluding steroid dienone is 4. The first-order valence-electron chi connectivity index (χ1n) is 8.96. The van der Waals surface area contributed by atoms with Crippen LogP contribution < -0.4 is 0 Å². The molecule has 0 aromatic carbocycles. The lowest BCUT2D eigenvalue weighted by Crippen LogP contribution is -2.51. The zero-order chi connectivity index (χ0) is 16.4. The van der Waals surface area contributed by atoms with Crippen molar-refractivity contribution in [2.24, 2.45) is 28.6 Å². The van der Waals surface area contributed by atoms with E-state index >= 15 is 0 Å². The molecule has 3 heteroatoms. The summed E-state index contributed by atoms with van der Waals surface area (Å²) in [5, 5.41) is 0. The SMILES string of the molecule is C[C@]12C(CCl)=CC(=O)C=C1CC[C@@H]1[C@@H]2CC[C@]2(C)C(=O)CC[C@@H]12. The van der Waals surface area contributed by atoms with Crippen LogP contribution in [0.1, 0.15) is 52.4 Å². The van der Waals surface area contributed by atoms with Gasteiger partial charge in [-0.3, -0.25) is 9.59 Å². The molecular weight excluding hydrogens is 308 g/mol. The van der Waals surface area contributed by atoms with Gasteiger partial charge in [0.25, 0.3) is 0 Å². The number of rotatable bonds is 1. The third kappa shape index (κ3) is 1.94. The molecule has 0 unspecified atom stereocenters. The van der Waals surface area contributed by atoms with Gasteiger partial charge in [-0.2, -0.15) is 0 Å². The lowest BCUT2D eigenvalue weighted by molar-refractivity contribution is -0.131. The fourth-order valence-electron chi connectivity index (χ4n) is 6.38. The van der Waals surface area contributed by atoms with E-state index in [2.05, 4.69) is 13.8 Å². The van der Waals surface area contributed by atoms with E-state index in [1.165, 1.54) is 5.57 Å². The standard InChI is InChI=1S/C20H25ClO2/c1-19-8-7-17-15(16(19)5-6-18(19)23)4-3-12-9-14(22)10-13(11-21)20(12,17)2/h9-10,15-17H,3-8,11H2,1-2H3/t15-,16-,17-,19-,20+/m0/s1. The van der Waals surface area contributed by atoms with Crippen LogP contribution >= 0.6 is 11.6 Å². The van der Waals surface area contributed by atoms with Gasteiger partial charge in [0.05, 0.1) is 0 Å². The van der Waals surface area contributed by atoms with Crippen molar-refractivity contribution in [1.82, 2.24) is 0 Å². The van der Waals surface area contributed by atoms with Crippen molar-refractivity contribution in [1.29, 1.82) is 0 Å². The fourth-order valence-corrected chi connectivity index (χ4v) is 6.73. The molecule has 0 bridgehead atoms. The second-order valence-corrected chi connectivity index (χ2v) is 8.68. The second kappa shape index (κ2) is 5.05. The molecule has 3 fully saturated rings. The third-order valence-corrected chi connectivity index (χ3v) is 8.03. The quantitative estimate of drug-likeness (QED) is 0.664. The normalized spacial score (nSPS) is 45.8. The van der Waals surface area contributed by atoms with Crippen LogP contribution in [0.3, 0.4) is 0 Å². The van der Waals surface area contributed by atoms with Gasteiger partial charge in [0.2, 0.25) is 0 Å². The topological polar surface area (TPSA) is 34.1 Å². The smallest absolute Gasteiger partial charge is 0.178 e. The molecule has 5 atom stereocenters. The average Bonchev–Trinajstić information content (AvgIpc) is 2.83. The van der Waals surface area contributed by atoms with Crippen LogP contribution in [-0.2, 0) is 9.59 Å². The van der Waals surface area contributed by atoms with E-state index in [-0.39, 0.29) is 16.6 Å². The number of hydrogen-bond donors (Lipinski definition) is 0. The molecule has 0 amide bonds. The number of fused-ring (bicyclic) bond motifs is 5. The fraction of sp³-hybridized carbons (Fsp3) is 0.700. The maximum atomic E-state index is 12.4. The molecule has 23 heavy (non-hydrogen) atoms. The molecule has 4 aliphatic carbocycles. The Morgan fingerprint density at radius 1 is 1.09 bits per heavy atom. The van der Waals surface area contributed by atoms with E-state index in [0.29, 0.717) is 29.4 Å². The van der Waals surface area contributed by atoms with Crippen LogP contribution in [0.15, 0.2) is 23.3 Å². The minimum atomic E-state index is -0.0892. The van der Waals surface area contributed by atoms with E-state index in [1.807, 2.05) is 6.08 Å². The molecule has 0 aromatic heterocycles. The summed E-state index contributed by atoms with van der Waals surface area (Å²) in [6.45, 7) is 4.51. The summed E-state index contributed by atoms with van der Waals surface area (Å²) in [4.78, 5) is 24.5. The van der Waals surface area contributed by atoms with Gasteiger partial charge in [-0.05, 0) is 67.6 Å². The predicted molar refractivity (Wildman–Crippen MR) is 91.3 cm³/mol. The van der Waals surface area contributed by atoms with Crippen molar-refractivity contribution in [3.8, 4) is 0 Å². The summed E-state index contributed by atoms with van der Waals surface area (Å²) < 4.78 is 0. The summed E-state index contributed by atoms with van der Waals surface area (Å²) in [5.41, 5.74) is 2.23. The van der Waals surface area contributed by atoms with Crippen molar-refractivity contribution >= 4 is 23.2 Å². The molecular formula is C20H25ClO2. The molecule has 3 saturated carbocycles. The Kier molecular flexibility index (Phi) is 3.43. The summed E-state index contributed by atoms with van der Waals surface area (Å²) in [6.07, 6.45) is 9.65. The molecule has 0 spiro atoms. The first-order chi connectivity index (χ1) is 10.9. The zero-order valence-corrected chi connectivity index (χ0v) is 14.8. The number of carbonyl (C=O) groups excluding carboxylic acids is 2. The highest BCUT2D eigenvalue weighted by molar-refractivity contribution is 6.20. The van der Waals surface area contributed by atoms with Gasteiger partial charge in [0.1, 0.15) is 5.78 Å². The Morgan fingerprint density at radius 3 is 2.61 bits per heavy atom. The van der Waals surface area contributed by atoms with E-state index < -0.39 is 0 Å². The van der Waals surface area contributed by atoms with Crippen LogP contribution in [0.4, 0.5) is 0 Å². The van der Waals surface area contributed by atoms with E-state index in [4.69, 9.17) is 11.6 Å². The monoisotopic (exact) mass is 332 g/mol. The first-order valence-corrected chi connectivity index (χ1v) is 9.50. The Labute approximate surface area is 143 Å². The molecule has 2 nitrogen and oxygen atoms in total. The maximum absolute atomic E-state index is 12.4. The zero-order valence-electron chi connectivity index (χ0n) is 14.0. The molecule has 0 aromatic rings. The largest absolute Gasteiger partial charge is 0.299 e. The van der Waals surface area contributed by atoms with Gasteiger partial charge in [-0.1, -0.05) is 19.4 Å². The van der Waals surface area contributed by atoms with Crippen LogP contribution in [0.5, 0.6) is 0 Å². The van der Waals surface area contributed by atoms with Gasteiger partial charge in [-0.15, -0.1) is 11.6 Å².